The van der Waals surface area contributed by atoms with Gasteiger partial charge in [-0.2, -0.15) is 0 Å². The molecule has 2 heterocycles. The van der Waals surface area contributed by atoms with Gasteiger partial charge in [-0.05, 0) is 47.9 Å². The number of aliphatic hydroxyl groups is 2. The summed E-state index contributed by atoms with van der Waals surface area (Å²) < 4.78 is 14.7. The van der Waals surface area contributed by atoms with Crippen molar-refractivity contribution in [2.24, 2.45) is 5.73 Å². The van der Waals surface area contributed by atoms with Gasteiger partial charge in [0, 0.05) is 21.9 Å². The lowest BCUT2D eigenvalue weighted by atomic mass is 10.1. The third-order valence-electron chi connectivity index (χ3n) is 5.77. The minimum absolute atomic E-state index is 0.0802. The zero-order valence-corrected chi connectivity index (χ0v) is 21.9. The molecule has 4 atom stereocenters. The van der Waals surface area contributed by atoms with Crippen molar-refractivity contribution >= 4 is 52.5 Å². The third-order valence-corrected chi connectivity index (χ3v) is 8.09. The molecule has 1 unspecified atom stereocenters. The smallest absolute Gasteiger partial charge is 0.352 e. The molecule has 2 aromatic rings. The fourth-order valence-corrected chi connectivity index (χ4v) is 5.69. The molecule has 200 valence electrons. The molecule has 13 heteroatoms. The van der Waals surface area contributed by atoms with Crippen molar-refractivity contribution in [1.29, 1.82) is 0 Å². The highest BCUT2D eigenvalue weighted by molar-refractivity contribution is 8.02. The number of aliphatic hydroxyl groups excluding tert-OH is 2. The molecule has 0 aliphatic carbocycles. The molecule has 0 spiro atoms. The number of halogens is 2. The summed E-state index contributed by atoms with van der Waals surface area (Å²) in [6.07, 6.45) is -2.81. The number of carboxylic acids is 1. The molecule has 1 aliphatic heterocycles. The van der Waals surface area contributed by atoms with Crippen LogP contribution in [0, 0.1) is 0 Å². The average molecular weight is 572 g/mol. The topological polar surface area (TPSA) is 153 Å². The quantitative estimate of drug-likeness (QED) is 0.257. The van der Waals surface area contributed by atoms with Gasteiger partial charge in [0.05, 0.1) is 12.6 Å². The number of nitrogens with zero attached hydrogens (tertiary/aromatic N) is 1. The number of nitrogens with two attached hydrogens (primary N) is 1. The number of alkyl halides is 1. The second-order valence-electron chi connectivity index (χ2n) is 8.40. The maximum atomic E-state index is 14.7. The van der Waals surface area contributed by atoms with E-state index < -0.39 is 47.2 Å². The van der Waals surface area contributed by atoms with Gasteiger partial charge < -0.3 is 31.3 Å². The zero-order chi connectivity index (χ0) is 27.1. The molecular weight excluding hydrogens is 545 g/mol. The summed E-state index contributed by atoms with van der Waals surface area (Å²) in [5.74, 6) is -3.33. The predicted molar refractivity (Wildman–Crippen MR) is 140 cm³/mol. The molecule has 37 heavy (non-hydrogen) atoms. The van der Waals surface area contributed by atoms with Crippen molar-refractivity contribution in [1.82, 2.24) is 10.2 Å². The number of carbonyl (C=O) groups excluding carboxylic acids is 2. The highest BCUT2D eigenvalue weighted by Gasteiger charge is 2.41. The summed E-state index contributed by atoms with van der Waals surface area (Å²) in [6.45, 7) is 0.203. The predicted octanol–water partition coefficient (Wildman–Crippen LogP) is 2.23. The molecular formula is C24H27ClFN3O6S2. The third kappa shape index (κ3) is 7.68. The minimum Gasteiger partial charge on any atom is -0.477 e. The highest BCUT2D eigenvalue weighted by atomic mass is 35.5. The fourth-order valence-electron chi connectivity index (χ4n) is 3.82. The van der Waals surface area contributed by atoms with Crippen LogP contribution in [-0.4, -0.2) is 68.3 Å². The molecule has 1 aromatic heterocycles. The van der Waals surface area contributed by atoms with E-state index in [4.69, 9.17) is 22.4 Å². The SMILES string of the molecule is N/C(=C\SC(F)[C@H]1CCCN1C(=O)[C@H](O)[C@@H](O)C(=O)NCc1cc(Cc2ccccc2Cl)cs1)C(=O)O. The zero-order valence-electron chi connectivity index (χ0n) is 19.5. The van der Waals surface area contributed by atoms with E-state index in [0.29, 0.717) is 29.6 Å². The lowest BCUT2D eigenvalue weighted by Gasteiger charge is -2.29. The van der Waals surface area contributed by atoms with E-state index in [0.717, 1.165) is 26.3 Å². The number of likely N-dealkylation sites (tertiary alicyclic amines) is 1. The number of carbonyl (C=O) groups is 3. The first-order valence-corrected chi connectivity index (χ1v) is 13.5. The number of rotatable bonds is 11. The first-order valence-electron chi connectivity index (χ1n) is 11.3. The van der Waals surface area contributed by atoms with Crippen molar-refractivity contribution in [2.45, 2.75) is 49.6 Å². The molecule has 1 aliphatic rings. The average Bonchev–Trinajstić information content (AvgIpc) is 3.55. The Morgan fingerprint density at radius 2 is 2.03 bits per heavy atom. The Bertz CT molecular complexity index is 1160. The number of hydrogen-bond acceptors (Lipinski definition) is 8. The molecule has 2 amide bonds. The van der Waals surface area contributed by atoms with Crippen molar-refractivity contribution in [3.8, 4) is 0 Å². The molecule has 0 radical (unpaired) electrons. The minimum atomic E-state index is -2.09. The Balaban J connectivity index is 1.53. The number of nitrogens with one attached hydrogen (secondary N) is 1. The van der Waals surface area contributed by atoms with Gasteiger partial charge >= 0.3 is 5.97 Å². The van der Waals surface area contributed by atoms with Crippen molar-refractivity contribution in [3.63, 3.8) is 0 Å². The normalized spacial score (nSPS) is 18.3. The van der Waals surface area contributed by atoms with Gasteiger partial charge in [0.1, 0.15) is 5.70 Å². The van der Waals surface area contributed by atoms with Crippen LogP contribution >= 0.6 is 34.7 Å². The molecule has 1 saturated heterocycles. The Morgan fingerprint density at radius 1 is 1.30 bits per heavy atom. The van der Waals surface area contributed by atoms with Crippen LogP contribution < -0.4 is 11.1 Å². The molecule has 0 saturated carbocycles. The van der Waals surface area contributed by atoms with Gasteiger partial charge in [0.2, 0.25) is 0 Å². The van der Waals surface area contributed by atoms with Gasteiger partial charge in [-0.25, -0.2) is 9.18 Å². The number of hydrogen-bond donors (Lipinski definition) is 5. The summed E-state index contributed by atoms with van der Waals surface area (Å²) in [5, 5.41) is 35.4. The van der Waals surface area contributed by atoms with E-state index in [1.165, 1.54) is 11.3 Å². The molecule has 1 fully saturated rings. The summed E-state index contributed by atoms with van der Waals surface area (Å²) in [4.78, 5) is 37.8. The lowest BCUT2D eigenvalue weighted by molar-refractivity contribution is -0.154. The lowest BCUT2D eigenvalue weighted by Crippen LogP contribution is -2.52. The largest absolute Gasteiger partial charge is 0.477 e. The maximum Gasteiger partial charge on any atom is 0.352 e. The summed E-state index contributed by atoms with van der Waals surface area (Å²) >= 11 is 8.11. The van der Waals surface area contributed by atoms with E-state index in [9.17, 15) is 29.0 Å². The van der Waals surface area contributed by atoms with Gasteiger partial charge in [-0.1, -0.05) is 41.6 Å². The molecule has 0 bridgehead atoms. The van der Waals surface area contributed by atoms with Crippen molar-refractivity contribution in [2.75, 3.05) is 6.54 Å². The van der Waals surface area contributed by atoms with Crippen LogP contribution in [0.4, 0.5) is 4.39 Å². The summed E-state index contributed by atoms with van der Waals surface area (Å²) in [5.41, 5.74) is 4.97. The fraction of sp³-hybridized carbons (Fsp3) is 0.375. The second-order valence-corrected chi connectivity index (χ2v) is 10.8. The van der Waals surface area contributed by atoms with Crippen LogP contribution in [0.15, 0.2) is 46.8 Å². The van der Waals surface area contributed by atoms with Gasteiger partial charge in [-0.3, -0.25) is 9.59 Å². The van der Waals surface area contributed by atoms with E-state index in [1.54, 1.807) is 0 Å². The molecule has 6 N–H and O–H groups in total. The molecule has 3 rings (SSSR count). The Morgan fingerprint density at radius 3 is 2.73 bits per heavy atom. The monoisotopic (exact) mass is 571 g/mol. The maximum absolute atomic E-state index is 14.7. The van der Waals surface area contributed by atoms with Crippen molar-refractivity contribution < 1.29 is 34.1 Å². The van der Waals surface area contributed by atoms with Crippen LogP contribution in [0.3, 0.4) is 0 Å². The van der Waals surface area contributed by atoms with Gasteiger partial charge in [0.25, 0.3) is 11.8 Å². The summed E-state index contributed by atoms with van der Waals surface area (Å²) in [7, 11) is 0. The Kier molecular flexibility index (Phi) is 10.4. The second kappa shape index (κ2) is 13.2. The van der Waals surface area contributed by atoms with E-state index in [2.05, 4.69) is 5.32 Å². The first kappa shape index (κ1) is 28.9. The van der Waals surface area contributed by atoms with Crippen LogP contribution in [0.2, 0.25) is 5.02 Å². The molecule has 1 aromatic carbocycles. The van der Waals surface area contributed by atoms with Crippen LogP contribution in [-0.2, 0) is 27.3 Å². The van der Waals surface area contributed by atoms with E-state index in [1.807, 2.05) is 35.7 Å². The standard InChI is InChI=1S/C24H27ClFN3O6S2/c25-16-5-2-1-4-14(16)8-13-9-15(36-11-13)10-28-22(32)19(30)20(31)23(33)29-7-3-6-18(29)21(26)37-12-17(27)24(34)35/h1-2,4-5,9,11-12,18-21,30-31H,3,6-8,10,27H2,(H,28,32)(H,34,35)/b17-12-/t18-,19-,20-,21?/m1/s1. The van der Waals surface area contributed by atoms with Crippen molar-refractivity contribution in [3.05, 3.63) is 67.8 Å². The van der Waals surface area contributed by atoms with Gasteiger partial charge in [-0.15, -0.1) is 11.3 Å². The van der Waals surface area contributed by atoms with Gasteiger partial charge in [0.15, 0.2) is 17.7 Å². The number of aliphatic carboxylic acids is 1. The number of carboxylic acid groups (broad SMARTS) is 1. The van der Waals surface area contributed by atoms with E-state index in [-0.39, 0.29) is 19.5 Å². The first-order chi connectivity index (χ1) is 17.6. The Hall–Kier alpha value is -2.64. The number of thioether (sulfide) groups is 1. The van der Waals surface area contributed by atoms with Crippen LogP contribution in [0.5, 0.6) is 0 Å². The van der Waals surface area contributed by atoms with Crippen LogP contribution in [0.25, 0.3) is 0 Å². The van der Waals surface area contributed by atoms with E-state index >= 15 is 0 Å². The number of amides is 2. The molecule has 9 nitrogen and oxygen atoms in total. The Labute approximate surface area is 226 Å². The summed E-state index contributed by atoms with van der Waals surface area (Å²) in [6, 6.07) is 8.39. The highest BCUT2D eigenvalue weighted by Crippen LogP contribution is 2.30. The number of benzene rings is 1. The number of thiophene rings is 1. The van der Waals surface area contributed by atoms with Crippen LogP contribution in [0.1, 0.15) is 28.8 Å².